The fourth-order valence-corrected chi connectivity index (χ4v) is 4.46. The summed E-state index contributed by atoms with van der Waals surface area (Å²) in [6.07, 6.45) is 1.47. The van der Waals surface area contributed by atoms with E-state index in [1.54, 1.807) is 24.1 Å². The van der Waals surface area contributed by atoms with Gasteiger partial charge in [0.15, 0.2) is 11.5 Å². The molecule has 0 radical (unpaired) electrons. The summed E-state index contributed by atoms with van der Waals surface area (Å²) in [6.45, 7) is 2.32. The van der Waals surface area contributed by atoms with Gasteiger partial charge in [0.1, 0.15) is 11.8 Å². The van der Waals surface area contributed by atoms with Gasteiger partial charge < -0.3 is 34.5 Å². The quantitative estimate of drug-likeness (QED) is 0.500. The lowest BCUT2D eigenvalue weighted by atomic mass is 10.0. The second-order valence-corrected chi connectivity index (χ2v) is 8.76. The summed E-state index contributed by atoms with van der Waals surface area (Å²) < 4.78 is 21.5. The summed E-state index contributed by atoms with van der Waals surface area (Å²) in [5.74, 6) is 1.18. The molecule has 2 aromatic rings. The maximum Gasteiger partial charge on any atom is 0.254 e. The third-order valence-electron chi connectivity index (χ3n) is 6.35. The first-order chi connectivity index (χ1) is 17.8. The molecule has 0 saturated carbocycles. The molecule has 0 bridgehead atoms. The highest BCUT2D eigenvalue weighted by Gasteiger charge is 2.29. The van der Waals surface area contributed by atoms with Crippen LogP contribution < -0.4 is 29.6 Å². The van der Waals surface area contributed by atoms with Crippen molar-refractivity contribution in [1.29, 1.82) is 0 Å². The van der Waals surface area contributed by atoms with Crippen LogP contribution in [0.1, 0.15) is 35.7 Å². The number of amides is 3. The number of hydrogen-bond acceptors (Lipinski definition) is 7. The smallest absolute Gasteiger partial charge is 0.254 e. The zero-order valence-corrected chi connectivity index (χ0v) is 22.0. The predicted octanol–water partition coefficient (Wildman–Crippen LogP) is 2.19. The fourth-order valence-electron chi connectivity index (χ4n) is 4.46. The molecule has 3 rings (SSSR count). The number of piperidine rings is 1. The monoisotopic (exact) mass is 513 g/mol. The standard InChI is InChI=1S/C27H35N3O7/c1-17(31)28-21(14-18-8-6-7-9-22(18)34-2)26(32)29-20-10-12-30(13-11-20)27(33)19-15-23(35-3)25(37-5)24(16-19)36-4/h6-9,15-16,20-21H,10-14H2,1-5H3,(H,28,31)(H,29,32)/t21-/m0/s1. The molecule has 2 aromatic carbocycles. The van der Waals surface area contributed by atoms with Crippen LogP contribution >= 0.6 is 0 Å². The van der Waals surface area contributed by atoms with Gasteiger partial charge in [0, 0.05) is 38.0 Å². The molecule has 37 heavy (non-hydrogen) atoms. The lowest BCUT2D eigenvalue weighted by molar-refractivity contribution is -0.128. The number of para-hydroxylation sites is 1. The molecule has 1 atom stereocenters. The zero-order valence-electron chi connectivity index (χ0n) is 22.0. The maximum absolute atomic E-state index is 13.2. The highest BCUT2D eigenvalue weighted by molar-refractivity contribution is 5.95. The number of likely N-dealkylation sites (tertiary alicyclic amines) is 1. The molecule has 1 aliphatic heterocycles. The second kappa shape index (κ2) is 12.8. The number of rotatable bonds is 10. The summed E-state index contributed by atoms with van der Waals surface area (Å²) in [4.78, 5) is 39.8. The van der Waals surface area contributed by atoms with Crippen molar-refractivity contribution in [2.75, 3.05) is 41.5 Å². The second-order valence-electron chi connectivity index (χ2n) is 8.76. The van der Waals surface area contributed by atoms with Crippen LogP contribution in [0.5, 0.6) is 23.0 Å². The lowest BCUT2D eigenvalue weighted by Gasteiger charge is -2.33. The SMILES string of the molecule is COc1ccccc1C[C@H](NC(C)=O)C(=O)NC1CCN(C(=O)c2cc(OC)c(OC)c(OC)c2)CC1. The van der Waals surface area contributed by atoms with Crippen LogP contribution in [0.4, 0.5) is 0 Å². The van der Waals surface area contributed by atoms with Gasteiger partial charge in [0.25, 0.3) is 5.91 Å². The van der Waals surface area contributed by atoms with E-state index in [1.165, 1.54) is 28.3 Å². The average Bonchev–Trinajstić information content (AvgIpc) is 2.91. The zero-order chi connectivity index (χ0) is 26.9. The van der Waals surface area contributed by atoms with Crippen LogP contribution in [-0.4, -0.2) is 76.2 Å². The van der Waals surface area contributed by atoms with E-state index in [0.29, 0.717) is 60.9 Å². The van der Waals surface area contributed by atoms with Crippen molar-refractivity contribution >= 4 is 17.7 Å². The van der Waals surface area contributed by atoms with Gasteiger partial charge in [0.2, 0.25) is 17.6 Å². The van der Waals surface area contributed by atoms with Crippen molar-refractivity contribution in [3.8, 4) is 23.0 Å². The Kier molecular flexibility index (Phi) is 9.59. The van der Waals surface area contributed by atoms with Crippen molar-refractivity contribution in [3.05, 3.63) is 47.5 Å². The van der Waals surface area contributed by atoms with Gasteiger partial charge >= 0.3 is 0 Å². The number of methoxy groups -OCH3 is 4. The number of benzene rings is 2. The van der Waals surface area contributed by atoms with E-state index < -0.39 is 6.04 Å². The Morgan fingerprint density at radius 1 is 0.919 bits per heavy atom. The summed E-state index contributed by atoms with van der Waals surface area (Å²) in [5.41, 5.74) is 1.25. The van der Waals surface area contributed by atoms with Gasteiger partial charge in [-0.2, -0.15) is 0 Å². The van der Waals surface area contributed by atoms with Gasteiger partial charge in [-0.25, -0.2) is 0 Å². The molecule has 0 aromatic heterocycles. The molecular formula is C27H35N3O7. The first kappa shape index (κ1) is 27.6. The van der Waals surface area contributed by atoms with Crippen LogP contribution in [0.3, 0.4) is 0 Å². The van der Waals surface area contributed by atoms with E-state index in [2.05, 4.69) is 10.6 Å². The van der Waals surface area contributed by atoms with E-state index in [-0.39, 0.29) is 23.8 Å². The van der Waals surface area contributed by atoms with E-state index in [9.17, 15) is 14.4 Å². The van der Waals surface area contributed by atoms with Crippen LogP contribution in [0.15, 0.2) is 36.4 Å². The van der Waals surface area contributed by atoms with Crippen LogP contribution in [0, 0.1) is 0 Å². The predicted molar refractivity (Wildman–Crippen MR) is 137 cm³/mol. The van der Waals surface area contributed by atoms with Crippen molar-refractivity contribution in [3.63, 3.8) is 0 Å². The Hall–Kier alpha value is -3.95. The van der Waals surface area contributed by atoms with Gasteiger partial charge in [-0.15, -0.1) is 0 Å². The van der Waals surface area contributed by atoms with Crippen LogP contribution in [0.25, 0.3) is 0 Å². The number of nitrogens with one attached hydrogen (secondary N) is 2. The van der Waals surface area contributed by atoms with Gasteiger partial charge in [0.05, 0.1) is 28.4 Å². The molecule has 1 fully saturated rings. The van der Waals surface area contributed by atoms with E-state index in [4.69, 9.17) is 18.9 Å². The minimum Gasteiger partial charge on any atom is -0.496 e. The Morgan fingerprint density at radius 3 is 2.05 bits per heavy atom. The third-order valence-corrected chi connectivity index (χ3v) is 6.35. The molecule has 1 heterocycles. The summed E-state index contributed by atoms with van der Waals surface area (Å²) >= 11 is 0. The Morgan fingerprint density at radius 2 is 1.51 bits per heavy atom. The third kappa shape index (κ3) is 6.84. The maximum atomic E-state index is 13.2. The molecular weight excluding hydrogens is 478 g/mol. The molecule has 3 amide bonds. The molecule has 1 aliphatic rings. The molecule has 0 unspecified atom stereocenters. The average molecular weight is 514 g/mol. The van der Waals surface area contributed by atoms with Gasteiger partial charge in [-0.05, 0) is 36.6 Å². The molecule has 1 saturated heterocycles. The molecule has 10 heteroatoms. The van der Waals surface area contributed by atoms with Crippen LogP contribution in [0.2, 0.25) is 0 Å². The summed E-state index contributed by atoms with van der Waals surface area (Å²) in [7, 11) is 6.08. The summed E-state index contributed by atoms with van der Waals surface area (Å²) in [5, 5.41) is 5.79. The number of carbonyl (C=O) groups is 3. The lowest BCUT2D eigenvalue weighted by Crippen LogP contribution is -2.53. The highest BCUT2D eigenvalue weighted by atomic mass is 16.5. The molecule has 2 N–H and O–H groups in total. The van der Waals surface area contributed by atoms with E-state index >= 15 is 0 Å². The first-order valence-corrected chi connectivity index (χ1v) is 12.1. The molecule has 0 aliphatic carbocycles. The topological polar surface area (TPSA) is 115 Å². The molecule has 10 nitrogen and oxygen atoms in total. The number of nitrogens with zero attached hydrogens (tertiary/aromatic N) is 1. The van der Waals surface area contributed by atoms with Gasteiger partial charge in [-0.1, -0.05) is 18.2 Å². The first-order valence-electron chi connectivity index (χ1n) is 12.1. The Balaban J connectivity index is 1.63. The minimum absolute atomic E-state index is 0.120. The van der Waals surface area contributed by atoms with Gasteiger partial charge in [-0.3, -0.25) is 14.4 Å². The highest BCUT2D eigenvalue weighted by Crippen LogP contribution is 2.38. The number of ether oxygens (including phenoxy) is 4. The number of hydrogen-bond donors (Lipinski definition) is 2. The molecule has 200 valence electrons. The molecule has 0 spiro atoms. The Bertz CT molecular complexity index is 1090. The van der Waals surface area contributed by atoms with E-state index in [1.807, 2.05) is 24.3 Å². The van der Waals surface area contributed by atoms with Crippen molar-refractivity contribution in [2.24, 2.45) is 0 Å². The summed E-state index contributed by atoms with van der Waals surface area (Å²) in [6, 6.07) is 9.80. The Labute approximate surface area is 217 Å². The van der Waals surface area contributed by atoms with E-state index in [0.717, 1.165) is 5.56 Å². The van der Waals surface area contributed by atoms with Crippen molar-refractivity contribution < 1.29 is 33.3 Å². The van der Waals surface area contributed by atoms with Crippen LogP contribution in [-0.2, 0) is 16.0 Å². The number of carbonyl (C=O) groups excluding carboxylic acids is 3. The van der Waals surface area contributed by atoms with Crippen molar-refractivity contribution in [2.45, 2.75) is 38.3 Å². The largest absolute Gasteiger partial charge is 0.496 e. The van der Waals surface area contributed by atoms with Crippen molar-refractivity contribution in [1.82, 2.24) is 15.5 Å². The normalized spacial score (nSPS) is 14.4. The fraction of sp³-hybridized carbons (Fsp3) is 0.444. The minimum atomic E-state index is -0.743.